The van der Waals surface area contributed by atoms with Crippen molar-refractivity contribution in [2.45, 2.75) is 5.75 Å². The first-order valence-electron chi connectivity index (χ1n) is 8.25. The quantitative estimate of drug-likeness (QED) is 0.511. The summed E-state index contributed by atoms with van der Waals surface area (Å²) in [5.74, 6) is -0.921. The normalized spacial score (nSPS) is 11.2. The molecular formula is C20H17IN2O4S. The van der Waals surface area contributed by atoms with Crippen molar-refractivity contribution >= 4 is 44.0 Å². The molecule has 0 saturated heterocycles. The van der Waals surface area contributed by atoms with Gasteiger partial charge in [0.25, 0.3) is 5.91 Å². The first kappa shape index (κ1) is 20.3. The number of pyridine rings is 1. The standard InChI is InChI=1S/C20H17IN2O4S/c1-28(26,27)12-14-6-5-13(10-19(14)24)20(25)23-15-7-8-17(21)16(11-15)18-4-2-3-9-22-18/h2-11,24H,12H2,1H3,(H,23,25). The van der Waals surface area contributed by atoms with Crippen molar-refractivity contribution in [1.29, 1.82) is 0 Å². The fourth-order valence-corrected chi connectivity index (χ4v) is 4.06. The van der Waals surface area contributed by atoms with Crippen LogP contribution in [0.3, 0.4) is 0 Å². The molecule has 0 unspecified atom stereocenters. The molecule has 0 fully saturated rings. The van der Waals surface area contributed by atoms with Gasteiger partial charge in [-0.2, -0.15) is 0 Å². The van der Waals surface area contributed by atoms with Crippen molar-refractivity contribution in [3.05, 3.63) is 75.5 Å². The summed E-state index contributed by atoms with van der Waals surface area (Å²) >= 11 is 2.21. The monoisotopic (exact) mass is 508 g/mol. The average molecular weight is 508 g/mol. The predicted molar refractivity (Wildman–Crippen MR) is 117 cm³/mol. The number of phenols is 1. The van der Waals surface area contributed by atoms with E-state index in [9.17, 15) is 18.3 Å². The average Bonchev–Trinajstić information content (AvgIpc) is 2.64. The maximum atomic E-state index is 12.5. The molecule has 0 spiro atoms. The van der Waals surface area contributed by atoms with E-state index in [4.69, 9.17) is 0 Å². The largest absolute Gasteiger partial charge is 0.508 e. The van der Waals surface area contributed by atoms with E-state index in [0.29, 0.717) is 5.69 Å². The number of hydrogen-bond donors (Lipinski definition) is 2. The Balaban J connectivity index is 1.83. The fourth-order valence-electron chi connectivity index (χ4n) is 2.63. The van der Waals surface area contributed by atoms with Crippen molar-refractivity contribution in [2.75, 3.05) is 11.6 Å². The Bertz CT molecular complexity index is 1130. The van der Waals surface area contributed by atoms with Gasteiger partial charge < -0.3 is 10.4 Å². The number of amides is 1. The lowest BCUT2D eigenvalue weighted by atomic mass is 10.1. The molecule has 2 aromatic carbocycles. The van der Waals surface area contributed by atoms with Crippen molar-refractivity contribution in [3.63, 3.8) is 0 Å². The third-order valence-electron chi connectivity index (χ3n) is 3.93. The molecule has 1 aromatic heterocycles. The van der Waals surface area contributed by atoms with E-state index >= 15 is 0 Å². The summed E-state index contributed by atoms with van der Waals surface area (Å²) in [6, 6.07) is 15.3. The summed E-state index contributed by atoms with van der Waals surface area (Å²) < 4.78 is 23.8. The number of carbonyl (C=O) groups excluding carboxylic acids is 1. The second-order valence-electron chi connectivity index (χ2n) is 6.28. The highest BCUT2D eigenvalue weighted by Crippen LogP contribution is 2.27. The minimum atomic E-state index is -3.28. The van der Waals surface area contributed by atoms with E-state index in [1.54, 1.807) is 12.3 Å². The summed E-state index contributed by atoms with van der Waals surface area (Å²) in [5.41, 5.74) is 2.76. The van der Waals surface area contributed by atoms with Gasteiger partial charge >= 0.3 is 0 Å². The Labute approximate surface area is 176 Å². The molecule has 0 radical (unpaired) electrons. The molecule has 3 rings (SSSR count). The molecular weight excluding hydrogens is 491 g/mol. The number of aromatic nitrogens is 1. The second-order valence-corrected chi connectivity index (χ2v) is 9.58. The summed E-state index contributed by atoms with van der Waals surface area (Å²) in [4.78, 5) is 16.9. The number of phenolic OH excluding ortho intramolecular Hbond substituents is 1. The Morgan fingerprint density at radius 1 is 1.14 bits per heavy atom. The number of aromatic hydroxyl groups is 1. The molecule has 0 aliphatic rings. The second kappa shape index (κ2) is 8.27. The van der Waals surface area contributed by atoms with Crippen molar-refractivity contribution < 1.29 is 18.3 Å². The number of hydrogen-bond acceptors (Lipinski definition) is 5. The van der Waals surface area contributed by atoms with Gasteiger partial charge in [0.05, 0.1) is 11.4 Å². The van der Waals surface area contributed by atoms with Gasteiger partial charge in [0.1, 0.15) is 5.75 Å². The van der Waals surface area contributed by atoms with Gasteiger partial charge in [0.15, 0.2) is 9.84 Å². The third-order valence-corrected chi connectivity index (χ3v) is 5.71. The molecule has 8 heteroatoms. The summed E-state index contributed by atoms with van der Waals surface area (Å²) in [6.07, 6.45) is 2.79. The smallest absolute Gasteiger partial charge is 0.255 e. The lowest BCUT2D eigenvalue weighted by Crippen LogP contribution is -2.12. The van der Waals surface area contributed by atoms with Crippen LogP contribution in [0.5, 0.6) is 5.75 Å². The van der Waals surface area contributed by atoms with Gasteiger partial charge in [-0.1, -0.05) is 12.1 Å². The first-order chi connectivity index (χ1) is 13.2. The first-order valence-corrected chi connectivity index (χ1v) is 11.4. The molecule has 0 saturated carbocycles. The molecule has 1 heterocycles. The Morgan fingerprint density at radius 2 is 1.93 bits per heavy atom. The van der Waals surface area contributed by atoms with E-state index in [1.165, 1.54) is 18.2 Å². The zero-order valence-electron chi connectivity index (χ0n) is 14.9. The number of sulfone groups is 1. The van der Waals surface area contributed by atoms with Crippen LogP contribution in [0.15, 0.2) is 60.8 Å². The Morgan fingerprint density at radius 3 is 2.57 bits per heavy atom. The van der Waals surface area contributed by atoms with E-state index in [2.05, 4.69) is 32.9 Å². The number of halogens is 1. The van der Waals surface area contributed by atoms with Gasteiger partial charge in [0.2, 0.25) is 0 Å². The minimum Gasteiger partial charge on any atom is -0.508 e. The topological polar surface area (TPSA) is 96.4 Å². The predicted octanol–water partition coefficient (Wildman–Crippen LogP) is 3.86. The van der Waals surface area contributed by atoms with Gasteiger partial charge in [-0.15, -0.1) is 0 Å². The molecule has 28 heavy (non-hydrogen) atoms. The maximum Gasteiger partial charge on any atom is 0.255 e. The molecule has 144 valence electrons. The fraction of sp³-hybridized carbons (Fsp3) is 0.100. The van der Waals surface area contributed by atoms with Crippen LogP contribution >= 0.6 is 22.6 Å². The zero-order valence-corrected chi connectivity index (χ0v) is 17.9. The highest BCUT2D eigenvalue weighted by Gasteiger charge is 2.14. The van der Waals surface area contributed by atoms with Crippen LogP contribution in [-0.4, -0.2) is 30.7 Å². The van der Waals surface area contributed by atoms with E-state index in [-0.39, 0.29) is 22.6 Å². The van der Waals surface area contributed by atoms with Crippen LogP contribution in [-0.2, 0) is 15.6 Å². The lowest BCUT2D eigenvalue weighted by Gasteiger charge is -2.10. The minimum absolute atomic E-state index is 0.227. The molecule has 3 aromatic rings. The van der Waals surface area contributed by atoms with E-state index in [0.717, 1.165) is 21.1 Å². The van der Waals surface area contributed by atoms with Crippen molar-refractivity contribution in [3.8, 4) is 17.0 Å². The number of benzene rings is 2. The van der Waals surface area contributed by atoms with Gasteiger partial charge in [-0.25, -0.2) is 8.42 Å². The molecule has 0 atom stereocenters. The summed E-state index contributed by atoms with van der Waals surface area (Å²) in [6.45, 7) is 0. The summed E-state index contributed by atoms with van der Waals surface area (Å²) in [5, 5.41) is 12.8. The van der Waals surface area contributed by atoms with E-state index < -0.39 is 15.7 Å². The molecule has 1 amide bonds. The zero-order chi connectivity index (χ0) is 20.3. The van der Waals surface area contributed by atoms with Crippen LogP contribution in [0, 0.1) is 3.57 Å². The lowest BCUT2D eigenvalue weighted by molar-refractivity contribution is 0.102. The molecule has 2 N–H and O–H groups in total. The summed E-state index contributed by atoms with van der Waals surface area (Å²) in [7, 11) is -3.28. The van der Waals surface area contributed by atoms with Crippen LogP contribution in [0.4, 0.5) is 5.69 Å². The Kier molecular flexibility index (Phi) is 5.99. The van der Waals surface area contributed by atoms with Gasteiger partial charge in [-0.3, -0.25) is 9.78 Å². The number of anilines is 1. The Hall–Kier alpha value is -2.46. The van der Waals surface area contributed by atoms with Crippen LogP contribution in [0.2, 0.25) is 0 Å². The van der Waals surface area contributed by atoms with Gasteiger partial charge in [0, 0.05) is 38.4 Å². The number of nitrogens with one attached hydrogen (secondary N) is 1. The SMILES string of the molecule is CS(=O)(=O)Cc1ccc(C(=O)Nc2ccc(I)c(-c3ccccn3)c2)cc1O. The van der Waals surface area contributed by atoms with Crippen molar-refractivity contribution in [1.82, 2.24) is 4.98 Å². The van der Waals surface area contributed by atoms with Crippen molar-refractivity contribution in [2.24, 2.45) is 0 Å². The highest BCUT2D eigenvalue weighted by atomic mass is 127. The van der Waals surface area contributed by atoms with Crippen LogP contribution in [0.1, 0.15) is 15.9 Å². The molecule has 0 aliphatic carbocycles. The number of carbonyl (C=O) groups is 1. The van der Waals surface area contributed by atoms with E-state index in [1.807, 2.05) is 30.3 Å². The highest BCUT2D eigenvalue weighted by molar-refractivity contribution is 14.1. The molecule has 6 nitrogen and oxygen atoms in total. The van der Waals surface area contributed by atoms with Crippen LogP contribution in [0.25, 0.3) is 11.3 Å². The van der Waals surface area contributed by atoms with Crippen LogP contribution < -0.4 is 5.32 Å². The number of nitrogens with zero attached hydrogens (tertiary/aromatic N) is 1. The third kappa shape index (κ3) is 5.08. The van der Waals surface area contributed by atoms with Gasteiger partial charge in [-0.05, 0) is 65.1 Å². The molecule has 0 aliphatic heterocycles. The number of rotatable bonds is 5. The molecule has 0 bridgehead atoms. The maximum absolute atomic E-state index is 12.5.